The van der Waals surface area contributed by atoms with E-state index < -0.39 is 0 Å². The first-order valence-corrected chi connectivity index (χ1v) is 9.46. The van der Waals surface area contributed by atoms with Crippen molar-refractivity contribution in [3.05, 3.63) is 29.8 Å². The molecule has 5 nitrogen and oxygen atoms in total. The van der Waals surface area contributed by atoms with Crippen LogP contribution in [0.5, 0.6) is 0 Å². The minimum Gasteiger partial charge on any atom is -0.360 e. The van der Waals surface area contributed by atoms with Gasteiger partial charge in [-0.15, -0.1) is 10.2 Å². The highest BCUT2D eigenvalue weighted by atomic mass is 32.2. The molecule has 124 valence electrons. The molecule has 1 aromatic carbocycles. The van der Waals surface area contributed by atoms with Gasteiger partial charge in [0.2, 0.25) is 11.0 Å². The van der Waals surface area contributed by atoms with Gasteiger partial charge in [0, 0.05) is 12.2 Å². The van der Waals surface area contributed by atoms with Gasteiger partial charge in [0.1, 0.15) is 0 Å². The maximum Gasteiger partial charge on any atom is 0.234 e. The van der Waals surface area contributed by atoms with Gasteiger partial charge in [-0.05, 0) is 24.0 Å². The zero-order valence-corrected chi connectivity index (χ0v) is 15.3. The molecule has 2 N–H and O–H groups in total. The normalized spacial score (nSPS) is 10.8. The molecule has 0 saturated carbocycles. The third kappa shape index (κ3) is 5.84. The molecule has 0 bridgehead atoms. The summed E-state index contributed by atoms with van der Waals surface area (Å²) in [7, 11) is 0. The maximum absolute atomic E-state index is 12.1. The summed E-state index contributed by atoms with van der Waals surface area (Å²) in [5.74, 6) is 0.860. The third-order valence-corrected chi connectivity index (χ3v) is 5.08. The van der Waals surface area contributed by atoms with E-state index in [0.717, 1.165) is 33.7 Å². The lowest BCUT2D eigenvalue weighted by Crippen LogP contribution is -2.15. The van der Waals surface area contributed by atoms with Gasteiger partial charge in [-0.1, -0.05) is 62.1 Å². The second-order valence-electron chi connectivity index (χ2n) is 5.50. The van der Waals surface area contributed by atoms with E-state index >= 15 is 0 Å². The number of hydrogen-bond donors (Lipinski definition) is 2. The maximum atomic E-state index is 12.1. The number of para-hydroxylation sites is 1. The van der Waals surface area contributed by atoms with E-state index in [9.17, 15) is 4.79 Å². The molecule has 0 atom stereocenters. The first-order valence-electron chi connectivity index (χ1n) is 7.66. The third-order valence-electron chi connectivity index (χ3n) is 3.07. The fraction of sp³-hybridized carbons (Fsp3) is 0.438. The van der Waals surface area contributed by atoms with Crippen LogP contribution in [0.3, 0.4) is 0 Å². The van der Waals surface area contributed by atoms with Gasteiger partial charge >= 0.3 is 0 Å². The van der Waals surface area contributed by atoms with Crippen LogP contribution in [-0.4, -0.2) is 28.4 Å². The number of aryl methyl sites for hydroxylation is 1. The van der Waals surface area contributed by atoms with Gasteiger partial charge in [-0.3, -0.25) is 4.79 Å². The molecule has 0 aliphatic heterocycles. The number of carbonyl (C=O) groups is 1. The standard InChI is InChI=1S/C16H22N4OS2/c1-4-12-7-5-6-8-13(12)18-14(21)10-22-16-20-19-15(23-16)17-9-11(2)3/h5-8,11H,4,9-10H2,1-3H3,(H,17,19)(H,18,21). The summed E-state index contributed by atoms with van der Waals surface area (Å²) in [6.45, 7) is 7.23. The molecule has 7 heteroatoms. The lowest BCUT2D eigenvalue weighted by Gasteiger charge is -2.08. The summed E-state index contributed by atoms with van der Waals surface area (Å²) in [6, 6.07) is 7.87. The number of carbonyl (C=O) groups excluding carboxylic acids is 1. The molecule has 0 spiro atoms. The second kappa shape index (κ2) is 8.88. The summed E-state index contributed by atoms with van der Waals surface area (Å²) in [4.78, 5) is 12.1. The van der Waals surface area contributed by atoms with Crippen LogP contribution in [0.4, 0.5) is 10.8 Å². The average Bonchev–Trinajstić information content (AvgIpc) is 2.99. The van der Waals surface area contributed by atoms with Crippen molar-refractivity contribution < 1.29 is 4.79 Å². The van der Waals surface area contributed by atoms with Gasteiger partial charge in [0.15, 0.2) is 4.34 Å². The summed E-state index contributed by atoms with van der Waals surface area (Å²) >= 11 is 2.89. The number of aromatic nitrogens is 2. The van der Waals surface area contributed by atoms with Gasteiger partial charge < -0.3 is 10.6 Å². The topological polar surface area (TPSA) is 66.9 Å². The number of thioether (sulfide) groups is 1. The summed E-state index contributed by atoms with van der Waals surface area (Å²) < 4.78 is 0.801. The fourth-order valence-electron chi connectivity index (χ4n) is 1.90. The van der Waals surface area contributed by atoms with Crippen LogP contribution >= 0.6 is 23.1 Å². The minimum absolute atomic E-state index is 0.0252. The molecule has 0 aliphatic rings. The van der Waals surface area contributed by atoms with E-state index in [1.807, 2.05) is 24.3 Å². The minimum atomic E-state index is -0.0252. The highest BCUT2D eigenvalue weighted by Gasteiger charge is 2.10. The average molecular weight is 351 g/mol. The largest absolute Gasteiger partial charge is 0.360 e. The summed E-state index contributed by atoms with van der Waals surface area (Å²) in [6.07, 6.45) is 0.894. The quantitative estimate of drug-likeness (QED) is 0.707. The van der Waals surface area contributed by atoms with Crippen molar-refractivity contribution in [3.8, 4) is 0 Å². The van der Waals surface area contributed by atoms with Crippen molar-refractivity contribution >= 4 is 39.8 Å². The monoisotopic (exact) mass is 350 g/mol. The molecule has 0 radical (unpaired) electrons. The number of amides is 1. The Labute approximate surface area is 145 Å². The van der Waals surface area contributed by atoms with Crippen LogP contribution in [0.25, 0.3) is 0 Å². The van der Waals surface area contributed by atoms with Crippen LogP contribution in [0.2, 0.25) is 0 Å². The fourth-order valence-corrected chi connectivity index (χ4v) is 3.45. The molecule has 2 aromatic rings. The second-order valence-corrected chi connectivity index (χ2v) is 7.70. The lowest BCUT2D eigenvalue weighted by atomic mass is 10.1. The summed E-state index contributed by atoms with van der Waals surface area (Å²) in [5, 5.41) is 15.2. The van der Waals surface area contributed by atoms with E-state index in [2.05, 4.69) is 41.6 Å². The first-order chi connectivity index (χ1) is 11.1. The van der Waals surface area contributed by atoms with Gasteiger partial charge in [-0.2, -0.15) is 0 Å². The zero-order valence-electron chi connectivity index (χ0n) is 13.6. The molecule has 0 unspecified atom stereocenters. The van der Waals surface area contributed by atoms with Crippen LogP contribution in [0.1, 0.15) is 26.3 Å². The highest BCUT2D eigenvalue weighted by molar-refractivity contribution is 8.01. The predicted octanol–water partition coefficient (Wildman–Crippen LogP) is 3.90. The van der Waals surface area contributed by atoms with Crippen LogP contribution < -0.4 is 10.6 Å². The van der Waals surface area contributed by atoms with Gasteiger partial charge in [0.05, 0.1) is 5.75 Å². The van der Waals surface area contributed by atoms with E-state index in [-0.39, 0.29) is 5.91 Å². The Morgan fingerprint density at radius 2 is 2.09 bits per heavy atom. The van der Waals surface area contributed by atoms with Crippen LogP contribution in [-0.2, 0) is 11.2 Å². The number of rotatable bonds is 8. The Kier molecular flexibility index (Phi) is 6.85. The Morgan fingerprint density at radius 1 is 1.30 bits per heavy atom. The Hall–Kier alpha value is -1.60. The molecule has 0 fully saturated rings. The zero-order chi connectivity index (χ0) is 16.7. The lowest BCUT2D eigenvalue weighted by molar-refractivity contribution is -0.113. The van der Waals surface area contributed by atoms with Crippen molar-refractivity contribution in [1.29, 1.82) is 0 Å². The SMILES string of the molecule is CCc1ccccc1NC(=O)CSc1nnc(NCC(C)C)s1. The number of anilines is 2. The first kappa shape index (κ1) is 17.7. The smallest absolute Gasteiger partial charge is 0.234 e. The van der Waals surface area contributed by atoms with Crippen molar-refractivity contribution in [2.24, 2.45) is 5.92 Å². The predicted molar refractivity (Wildman–Crippen MR) is 98.4 cm³/mol. The van der Waals surface area contributed by atoms with Crippen molar-refractivity contribution in [2.75, 3.05) is 22.9 Å². The molecule has 0 aliphatic carbocycles. The highest BCUT2D eigenvalue weighted by Crippen LogP contribution is 2.26. The van der Waals surface area contributed by atoms with Crippen molar-refractivity contribution in [2.45, 2.75) is 31.5 Å². The number of nitrogens with one attached hydrogen (secondary N) is 2. The van der Waals surface area contributed by atoms with E-state index in [1.54, 1.807) is 0 Å². The molecule has 0 saturated heterocycles. The number of nitrogens with zero attached hydrogens (tertiary/aromatic N) is 2. The Bertz CT molecular complexity index is 643. The molecular weight excluding hydrogens is 328 g/mol. The van der Waals surface area contributed by atoms with Crippen molar-refractivity contribution in [1.82, 2.24) is 10.2 Å². The van der Waals surface area contributed by atoms with Gasteiger partial charge in [0.25, 0.3) is 0 Å². The molecular formula is C16H22N4OS2. The molecule has 23 heavy (non-hydrogen) atoms. The van der Waals surface area contributed by atoms with Crippen molar-refractivity contribution in [3.63, 3.8) is 0 Å². The number of hydrogen-bond acceptors (Lipinski definition) is 6. The molecule has 1 heterocycles. The van der Waals surface area contributed by atoms with E-state index in [1.165, 1.54) is 23.1 Å². The summed E-state index contributed by atoms with van der Waals surface area (Å²) in [5.41, 5.74) is 2.03. The van der Waals surface area contributed by atoms with Gasteiger partial charge in [-0.25, -0.2) is 0 Å². The molecule has 2 rings (SSSR count). The Morgan fingerprint density at radius 3 is 2.83 bits per heavy atom. The molecule has 1 aromatic heterocycles. The van der Waals surface area contributed by atoms with Crippen LogP contribution in [0, 0.1) is 5.92 Å². The van der Waals surface area contributed by atoms with E-state index in [0.29, 0.717) is 11.7 Å². The van der Waals surface area contributed by atoms with Crippen LogP contribution in [0.15, 0.2) is 28.6 Å². The molecule has 1 amide bonds. The van der Waals surface area contributed by atoms with E-state index in [4.69, 9.17) is 0 Å². The number of benzene rings is 1. The Balaban J connectivity index is 1.82.